The van der Waals surface area contributed by atoms with Crippen LogP contribution in [-0.2, 0) is 25.6 Å². The number of carbonyl (C=O) groups is 4. The van der Waals surface area contributed by atoms with Crippen molar-refractivity contribution in [3.8, 4) is 0 Å². The molecule has 1 saturated heterocycles. The molecular weight excluding hydrogens is 615 g/mol. The van der Waals surface area contributed by atoms with Gasteiger partial charge in [0.1, 0.15) is 11.9 Å². The largest absolute Gasteiger partial charge is 0.368 e. The first-order valence-electron chi connectivity index (χ1n) is 14.6. The summed E-state index contributed by atoms with van der Waals surface area (Å²) in [5, 5.41) is 2.07. The van der Waals surface area contributed by atoms with Crippen LogP contribution in [0.25, 0.3) is 0 Å². The second kappa shape index (κ2) is 13.8. The van der Waals surface area contributed by atoms with E-state index < -0.39 is 47.4 Å². The van der Waals surface area contributed by atoms with E-state index in [1.54, 1.807) is 4.90 Å². The molecule has 0 saturated carbocycles. The van der Waals surface area contributed by atoms with Crippen molar-refractivity contribution in [3.63, 3.8) is 0 Å². The van der Waals surface area contributed by atoms with Crippen LogP contribution in [0.3, 0.4) is 0 Å². The minimum atomic E-state index is -1.24. The average molecular weight is 653 g/mol. The van der Waals surface area contributed by atoms with Crippen LogP contribution in [-0.4, -0.2) is 58.1 Å². The molecule has 13 heteroatoms. The number of likely N-dealkylation sites (tertiary alicyclic amines) is 1. The maximum atomic E-state index is 14.9. The Balaban J connectivity index is 1.71. The molecule has 9 nitrogen and oxygen atoms in total. The third-order valence-electron chi connectivity index (χ3n) is 8.58. The summed E-state index contributed by atoms with van der Waals surface area (Å²) in [6.07, 6.45) is 2.26. The van der Waals surface area contributed by atoms with Crippen LogP contribution in [0.4, 0.5) is 14.5 Å². The van der Waals surface area contributed by atoms with E-state index in [0.29, 0.717) is 17.7 Å². The topological polar surface area (TPSA) is 139 Å². The number of anilines is 1. The molecule has 44 heavy (non-hydrogen) atoms. The van der Waals surface area contributed by atoms with E-state index in [0.717, 1.165) is 19.3 Å². The second-order valence-corrected chi connectivity index (χ2v) is 12.7. The molecule has 5 N–H and O–H groups in total. The molecule has 0 bridgehead atoms. The summed E-state index contributed by atoms with van der Waals surface area (Å²) >= 11 is 11.8. The molecule has 2 unspecified atom stereocenters. The summed E-state index contributed by atoms with van der Waals surface area (Å²) < 4.78 is 29.3. The zero-order chi connectivity index (χ0) is 32.3. The highest BCUT2D eigenvalue weighted by Crippen LogP contribution is 2.41. The minimum absolute atomic E-state index is 0.00637. The Morgan fingerprint density at radius 1 is 1.07 bits per heavy atom. The number of hydrogen-bond donors (Lipinski definition) is 3. The van der Waals surface area contributed by atoms with Gasteiger partial charge in [-0.1, -0.05) is 29.3 Å². The van der Waals surface area contributed by atoms with Gasteiger partial charge < -0.3 is 26.6 Å². The van der Waals surface area contributed by atoms with E-state index in [4.69, 9.17) is 34.7 Å². The molecule has 2 heterocycles. The number of nitrogens with zero attached hydrogens (tertiary/aromatic N) is 2. The van der Waals surface area contributed by atoms with Crippen LogP contribution in [0, 0.1) is 17.6 Å². The molecule has 4 amide bonds. The van der Waals surface area contributed by atoms with Gasteiger partial charge in [-0.2, -0.15) is 0 Å². The number of nitrogens with one attached hydrogen (secondary N) is 1. The molecule has 2 aromatic carbocycles. The highest BCUT2D eigenvalue weighted by atomic mass is 35.5. The van der Waals surface area contributed by atoms with E-state index in [1.807, 2.05) is 13.8 Å². The molecule has 2 aromatic rings. The van der Waals surface area contributed by atoms with Crippen molar-refractivity contribution < 1.29 is 28.0 Å². The Morgan fingerprint density at radius 2 is 1.77 bits per heavy atom. The average Bonchev–Trinajstić information content (AvgIpc) is 2.97. The SMILES string of the molecule is CC1(C)CCCCN1C(=O)CCC(=O)N1C(C(N)=O)Cc2cc(F)ccc2C1[C@H](CCN)C(=O)Nc1ccc(Cl)c(Cl)c1F. The van der Waals surface area contributed by atoms with Gasteiger partial charge in [0.05, 0.1) is 27.7 Å². The summed E-state index contributed by atoms with van der Waals surface area (Å²) in [7, 11) is 0. The van der Waals surface area contributed by atoms with E-state index in [-0.39, 0.29) is 59.4 Å². The van der Waals surface area contributed by atoms with Gasteiger partial charge in [0, 0.05) is 31.3 Å². The second-order valence-electron chi connectivity index (χ2n) is 11.9. The van der Waals surface area contributed by atoms with Gasteiger partial charge in [0.25, 0.3) is 0 Å². The summed E-state index contributed by atoms with van der Waals surface area (Å²) in [6.45, 7) is 4.54. The number of amides is 4. The molecule has 3 atom stereocenters. The number of primary amides is 1. The van der Waals surface area contributed by atoms with Gasteiger partial charge in [0.15, 0.2) is 5.82 Å². The van der Waals surface area contributed by atoms with E-state index >= 15 is 0 Å². The third kappa shape index (κ3) is 7.00. The lowest BCUT2D eigenvalue weighted by Crippen LogP contribution is -2.56. The van der Waals surface area contributed by atoms with Crippen LogP contribution >= 0.6 is 23.2 Å². The molecule has 0 aromatic heterocycles. The molecule has 4 rings (SSSR count). The predicted molar refractivity (Wildman–Crippen MR) is 164 cm³/mol. The zero-order valence-corrected chi connectivity index (χ0v) is 26.2. The summed E-state index contributed by atoms with van der Waals surface area (Å²) in [5.41, 5.74) is 11.9. The quantitative estimate of drug-likeness (QED) is 0.337. The molecule has 0 radical (unpaired) electrons. The standard InChI is InChI=1S/C31H37Cl2F2N5O4/c1-31(2)12-3-4-14-39(31)24(41)9-10-25(42)40-23(29(37)43)16-17-15-18(34)5-6-19(17)28(40)20(11-13-36)30(44)38-22-8-7-21(32)26(33)27(22)35/h5-8,15,20,23,28H,3-4,9-14,16,36H2,1-2H3,(H2,37,43)(H,38,44)/t20-,23?,28?/m0/s1. The zero-order valence-electron chi connectivity index (χ0n) is 24.7. The third-order valence-corrected chi connectivity index (χ3v) is 9.36. The first kappa shape index (κ1) is 33.6. The van der Waals surface area contributed by atoms with E-state index in [2.05, 4.69) is 5.32 Å². The fourth-order valence-corrected chi connectivity index (χ4v) is 6.64. The fraction of sp³-hybridized carbons (Fsp3) is 0.484. The Kier molecular flexibility index (Phi) is 10.5. The van der Waals surface area contributed by atoms with E-state index in [1.165, 1.54) is 35.2 Å². The molecule has 0 aliphatic carbocycles. The van der Waals surface area contributed by atoms with Gasteiger partial charge in [-0.25, -0.2) is 8.78 Å². The van der Waals surface area contributed by atoms with Crippen molar-refractivity contribution in [1.29, 1.82) is 0 Å². The van der Waals surface area contributed by atoms with Gasteiger partial charge >= 0.3 is 0 Å². The lowest BCUT2D eigenvalue weighted by molar-refractivity contribution is -0.149. The lowest BCUT2D eigenvalue weighted by atomic mass is 9.79. The molecule has 0 spiro atoms. The van der Waals surface area contributed by atoms with Crippen molar-refractivity contribution in [2.75, 3.05) is 18.4 Å². The van der Waals surface area contributed by atoms with Gasteiger partial charge in [-0.3, -0.25) is 19.2 Å². The number of piperidine rings is 1. The van der Waals surface area contributed by atoms with E-state index in [9.17, 15) is 28.0 Å². The Hall–Kier alpha value is -3.28. The van der Waals surface area contributed by atoms with Crippen molar-refractivity contribution in [2.45, 2.75) is 76.4 Å². The van der Waals surface area contributed by atoms with Crippen molar-refractivity contribution in [2.24, 2.45) is 17.4 Å². The van der Waals surface area contributed by atoms with Crippen LogP contribution < -0.4 is 16.8 Å². The molecule has 238 valence electrons. The molecule has 1 fully saturated rings. The number of fused-ring (bicyclic) bond motifs is 1. The number of hydrogen-bond acceptors (Lipinski definition) is 5. The van der Waals surface area contributed by atoms with Gasteiger partial charge in [-0.05, 0) is 81.5 Å². The Labute approximate surface area is 265 Å². The van der Waals surface area contributed by atoms with Gasteiger partial charge in [-0.15, -0.1) is 0 Å². The van der Waals surface area contributed by atoms with Crippen LogP contribution in [0.1, 0.15) is 69.5 Å². The number of carbonyl (C=O) groups excluding carboxylic acids is 4. The Morgan fingerprint density at radius 3 is 2.43 bits per heavy atom. The lowest BCUT2D eigenvalue weighted by Gasteiger charge is -2.45. The van der Waals surface area contributed by atoms with Crippen molar-refractivity contribution >= 4 is 52.5 Å². The summed E-state index contributed by atoms with van der Waals surface area (Å²) in [5.74, 6) is -4.99. The number of halogens is 4. The Bertz CT molecular complexity index is 1460. The normalized spacial score (nSPS) is 20.1. The monoisotopic (exact) mass is 651 g/mol. The molecule has 2 aliphatic rings. The van der Waals surface area contributed by atoms with Crippen LogP contribution in [0.5, 0.6) is 0 Å². The molecule has 2 aliphatic heterocycles. The highest BCUT2D eigenvalue weighted by molar-refractivity contribution is 6.42. The first-order chi connectivity index (χ1) is 20.8. The van der Waals surface area contributed by atoms with Crippen LogP contribution in [0.2, 0.25) is 10.0 Å². The molecular formula is C31H37Cl2F2N5O4. The summed E-state index contributed by atoms with van der Waals surface area (Å²) in [6, 6.07) is 4.07. The number of rotatable bonds is 9. The number of nitrogens with two attached hydrogens (primary N) is 2. The van der Waals surface area contributed by atoms with Gasteiger partial charge in [0.2, 0.25) is 23.6 Å². The smallest absolute Gasteiger partial charge is 0.240 e. The highest BCUT2D eigenvalue weighted by Gasteiger charge is 2.46. The first-order valence-corrected chi connectivity index (χ1v) is 15.4. The van der Waals surface area contributed by atoms with Crippen molar-refractivity contribution in [3.05, 3.63) is 63.1 Å². The number of benzene rings is 2. The van der Waals surface area contributed by atoms with Crippen molar-refractivity contribution in [1.82, 2.24) is 9.80 Å². The predicted octanol–water partition coefficient (Wildman–Crippen LogP) is 4.73. The maximum absolute atomic E-state index is 14.9. The minimum Gasteiger partial charge on any atom is -0.368 e. The van der Waals surface area contributed by atoms with Crippen LogP contribution in [0.15, 0.2) is 30.3 Å². The maximum Gasteiger partial charge on any atom is 0.240 e. The fourth-order valence-electron chi connectivity index (χ4n) is 6.33. The summed E-state index contributed by atoms with van der Waals surface area (Å²) in [4.78, 5) is 56.9.